The number of benzene rings is 1. The Hall–Kier alpha value is -2.14. The zero-order valence-electron chi connectivity index (χ0n) is 9.77. The molecule has 88 valence electrons. The van der Waals surface area contributed by atoms with Crippen LogP contribution in [0.3, 0.4) is 0 Å². The largest absolute Gasteiger partial charge is 0.343 e. The van der Waals surface area contributed by atoms with Crippen LogP contribution in [-0.2, 0) is 0 Å². The minimum atomic E-state index is -0.146. The lowest BCUT2D eigenvalue weighted by atomic mass is 10.1. The molecule has 1 amide bonds. The van der Waals surface area contributed by atoms with Gasteiger partial charge in [0.05, 0.1) is 0 Å². The molecule has 0 aliphatic rings. The first-order valence-corrected chi connectivity index (χ1v) is 5.21. The van der Waals surface area contributed by atoms with E-state index in [2.05, 4.69) is 10.4 Å². The quantitative estimate of drug-likeness (QED) is 0.601. The number of aromatic nitrogens is 1. The molecule has 0 saturated carbocycles. The monoisotopic (exact) mass is 230 g/mol. The number of fused-ring (bicyclic) bond motifs is 1. The highest BCUT2D eigenvalue weighted by atomic mass is 16.2. The molecule has 0 aliphatic carbocycles. The summed E-state index contributed by atoms with van der Waals surface area (Å²) in [6, 6.07) is 9.40. The molecule has 2 aromatic rings. The van der Waals surface area contributed by atoms with Crippen LogP contribution >= 0.6 is 0 Å². The molecule has 0 radical (unpaired) electrons. The summed E-state index contributed by atoms with van der Waals surface area (Å²) in [6.45, 7) is 0. The van der Waals surface area contributed by atoms with Gasteiger partial charge in [0, 0.05) is 19.5 Å². The highest BCUT2D eigenvalue weighted by molar-refractivity contribution is 6.00. The summed E-state index contributed by atoms with van der Waals surface area (Å²) in [6.07, 6.45) is 0. The summed E-state index contributed by atoms with van der Waals surface area (Å²) in [4.78, 5) is 17.5. The number of nitrogens with one attached hydrogen (secondary N) is 1. The summed E-state index contributed by atoms with van der Waals surface area (Å²) in [5, 5.41) is 1.82. The van der Waals surface area contributed by atoms with Crippen LogP contribution in [0.2, 0.25) is 0 Å². The standard InChI is InChI=1S/C12H14N4O/c1-16(2)12(17)10-7-8-5-3-4-6-9(8)11(14-10)15-13/h3-7H,13H2,1-2H3,(H,14,15). The number of nitrogen functional groups attached to an aromatic ring is 1. The van der Waals surface area contributed by atoms with E-state index in [0.717, 1.165) is 10.8 Å². The minimum Gasteiger partial charge on any atom is -0.343 e. The lowest BCUT2D eigenvalue weighted by molar-refractivity contribution is 0.0822. The van der Waals surface area contributed by atoms with Crippen LogP contribution in [0.1, 0.15) is 10.5 Å². The van der Waals surface area contributed by atoms with Crippen molar-refractivity contribution in [3.8, 4) is 0 Å². The summed E-state index contributed by atoms with van der Waals surface area (Å²) >= 11 is 0. The Labute approximate surface area is 99.2 Å². The molecule has 0 aliphatic heterocycles. The van der Waals surface area contributed by atoms with Gasteiger partial charge in [-0.15, -0.1) is 0 Å². The van der Waals surface area contributed by atoms with Crippen molar-refractivity contribution in [3.05, 3.63) is 36.0 Å². The molecule has 0 saturated heterocycles. The fourth-order valence-electron chi connectivity index (χ4n) is 1.65. The normalized spacial score (nSPS) is 10.3. The van der Waals surface area contributed by atoms with Crippen LogP contribution in [0.25, 0.3) is 10.8 Å². The van der Waals surface area contributed by atoms with Gasteiger partial charge in [-0.2, -0.15) is 0 Å². The van der Waals surface area contributed by atoms with Gasteiger partial charge in [-0.25, -0.2) is 10.8 Å². The van der Waals surface area contributed by atoms with Gasteiger partial charge < -0.3 is 10.3 Å². The number of hydrazine groups is 1. The molecule has 1 aromatic carbocycles. The zero-order chi connectivity index (χ0) is 12.4. The van der Waals surface area contributed by atoms with Gasteiger partial charge in [-0.3, -0.25) is 4.79 Å². The Bertz CT molecular complexity index is 565. The fourth-order valence-corrected chi connectivity index (χ4v) is 1.65. The molecular formula is C12H14N4O. The van der Waals surface area contributed by atoms with Crippen LogP contribution in [0, 0.1) is 0 Å². The van der Waals surface area contributed by atoms with Crippen LogP contribution in [0.4, 0.5) is 5.82 Å². The Morgan fingerprint density at radius 2 is 2.06 bits per heavy atom. The van der Waals surface area contributed by atoms with E-state index in [1.54, 1.807) is 20.2 Å². The van der Waals surface area contributed by atoms with E-state index in [-0.39, 0.29) is 5.91 Å². The number of hydrogen-bond donors (Lipinski definition) is 2. The van der Waals surface area contributed by atoms with Crippen molar-refractivity contribution < 1.29 is 4.79 Å². The van der Waals surface area contributed by atoms with Crippen LogP contribution in [0.5, 0.6) is 0 Å². The van der Waals surface area contributed by atoms with Gasteiger partial charge in [0.25, 0.3) is 5.91 Å². The first-order chi connectivity index (χ1) is 8.13. The van der Waals surface area contributed by atoms with Crippen molar-refractivity contribution in [2.24, 2.45) is 5.84 Å². The third-order valence-corrected chi connectivity index (χ3v) is 2.50. The lowest BCUT2D eigenvalue weighted by Crippen LogP contribution is -2.23. The average Bonchev–Trinajstić information content (AvgIpc) is 2.36. The van der Waals surface area contributed by atoms with E-state index in [1.165, 1.54) is 4.90 Å². The van der Waals surface area contributed by atoms with Crippen LogP contribution in [-0.4, -0.2) is 29.9 Å². The first-order valence-electron chi connectivity index (χ1n) is 5.21. The second-order valence-electron chi connectivity index (χ2n) is 3.92. The molecule has 3 N–H and O–H groups in total. The Balaban J connectivity index is 2.64. The van der Waals surface area contributed by atoms with Gasteiger partial charge in [-0.1, -0.05) is 24.3 Å². The molecule has 0 fully saturated rings. The number of hydrogen-bond acceptors (Lipinski definition) is 4. The lowest BCUT2D eigenvalue weighted by Gasteiger charge is -2.12. The topological polar surface area (TPSA) is 71.2 Å². The van der Waals surface area contributed by atoms with Crippen molar-refractivity contribution in [2.45, 2.75) is 0 Å². The maximum Gasteiger partial charge on any atom is 0.272 e. The number of amides is 1. The van der Waals surface area contributed by atoms with E-state index in [4.69, 9.17) is 5.84 Å². The van der Waals surface area contributed by atoms with E-state index in [1.807, 2.05) is 24.3 Å². The number of carbonyl (C=O) groups excluding carboxylic acids is 1. The van der Waals surface area contributed by atoms with E-state index in [9.17, 15) is 4.79 Å². The molecule has 0 unspecified atom stereocenters. The maximum atomic E-state index is 11.9. The maximum absolute atomic E-state index is 11.9. The van der Waals surface area contributed by atoms with Gasteiger partial charge in [0.1, 0.15) is 11.5 Å². The van der Waals surface area contributed by atoms with Crippen molar-refractivity contribution in [1.29, 1.82) is 0 Å². The number of anilines is 1. The third kappa shape index (κ3) is 2.05. The molecule has 0 spiro atoms. The van der Waals surface area contributed by atoms with E-state index >= 15 is 0 Å². The van der Waals surface area contributed by atoms with Crippen molar-refractivity contribution in [2.75, 3.05) is 19.5 Å². The predicted molar refractivity (Wildman–Crippen MR) is 67.6 cm³/mol. The van der Waals surface area contributed by atoms with Gasteiger partial charge in [0.2, 0.25) is 0 Å². The van der Waals surface area contributed by atoms with Crippen molar-refractivity contribution in [3.63, 3.8) is 0 Å². The average molecular weight is 230 g/mol. The molecule has 17 heavy (non-hydrogen) atoms. The molecule has 2 rings (SSSR count). The summed E-state index contributed by atoms with van der Waals surface area (Å²) in [7, 11) is 3.38. The minimum absolute atomic E-state index is 0.146. The Morgan fingerprint density at radius 3 is 2.71 bits per heavy atom. The fraction of sp³-hybridized carbons (Fsp3) is 0.167. The first kappa shape index (κ1) is 11.3. The number of pyridine rings is 1. The molecule has 5 heteroatoms. The highest BCUT2D eigenvalue weighted by Gasteiger charge is 2.12. The third-order valence-electron chi connectivity index (χ3n) is 2.50. The van der Waals surface area contributed by atoms with Gasteiger partial charge in [0.15, 0.2) is 0 Å². The smallest absolute Gasteiger partial charge is 0.272 e. The van der Waals surface area contributed by atoms with Gasteiger partial charge in [-0.05, 0) is 11.5 Å². The molecule has 1 aromatic heterocycles. The summed E-state index contributed by atoms with van der Waals surface area (Å²) in [5.41, 5.74) is 2.90. The van der Waals surface area contributed by atoms with E-state index < -0.39 is 0 Å². The second kappa shape index (κ2) is 4.39. The van der Waals surface area contributed by atoms with Gasteiger partial charge >= 0.3 is 0 Å². The highest BCUT2D eigenvalue weighted by Crippen LogP contribution is 2.22. The molecule has 1 heterocycles. The molecule has 0 atom stereocenters. The van der Waals surface area contributed by atoms with Crippen LogP contribution < -0.4 is 11.3 Å². The molecule has 5 nitrogen and oxygen atoms in total. The summed E-state index contributed by atoms with van der Waals surface area (Å²) in [5.74, 6) is 5.79. The number of rotatable bonds is 2. The molecule has 0 bridgehead atoms. The SMILES string of the molecule is CN(C)C(=O)c1cc2ccccc2c(NN)n1. The Kier molecular flexibility index (Phi) is 2.93. The second-order valence-corrected chi connectivity index (χ2v) is 3.92. The predicted octanol–water partition coefficient (Wildman–Crippen LogP) is 1.22. The van der Waals surface area contributed by atoms with Crippen LogP contribution in [0.15, 0.2) is 30.3 Å². The van der Waals surface area contributed by atoms with Crippen molar-refractivity contribution in [1.82, 2.24) is 9.88 Å². The zero-order valence-corrected chi connectivity index (χ0v) is 9.77. The number of carbonyl (C=O) groups is 1. The molecular weight excluding hydrogens is 216 g/mol. The van der Waals surface area contributed by atoms with E-state index in [0.29, 0.717) is 11.5 Å². The number of nitrogens with two attached hydrogens (primary N) is 1. The van der Waals surface area contributed by atoms with Crippen molar-refractivity contribution >= 4 is 22.5 Å². The summed E-state index contributed by atoms with van der Waals surface area (Å²) < 4.78 is 0. The number of nitrogens with zero attached hydrogens (tertiary/aromatic N) is 2. The Morgan fingerprint density at radius 1 is 1.35 bits per heavy atom.